The second kappa shape index (κ2) is 3.92. The number of halogens is 1. The minimum Gasteiger partial charge on any atom is -0.357 e. The largest absolute Gasteiger partial charge is 0.357 e. The number of nitrogens with one attached hydrogen (secondary N) is 1. The van der Waals surface area contributed by atoms with E-state index in [9.17, 15) is 0 Å². The molecule has 0 spiro atoms. The Morgan fingerprint density at radius 2 is 2.33 bits per heavy atom. The normalized spacial score (nSPS) is 9.92. The summed E-state index contributed by atoms with van der Waals surface area (Å²) in [7, 11) is 0. The van der Waals surface area contributed by atoms with Crippen LogP contribution in [-0.4, -0.2) is 11.5 Å². The lowest BCUT2D eigenvalue weighted by molar-refractivity contribution is 1.19. The van der Waals surface area contributed by atoms with Crippen molar-refractivity contribution in [3.05, 3.63) is 22.2 Å². The first-order valence-electron chi connectivity index (χ1n) is 3.61. The number of hydrogen-bond donors (Lipinski definition) is 1. The van der Waals surface area contributed by atoms with Crippen molar-refractivity contribution in [2.45, 2.75) is 13.8 Å². The van der Waals surface area contributed by atoms with Crippen molar-refractivity contribution < 1.29 is 0 Å². The van der Waals surface area contributed by atoms with Crippen LogP contribution in [0.2, 0.25) is 0 Å². The SMILES string of the molecule is C=C(Cl)CNc1nc(C)c(C)s1. The lowest BCUT2D eigenvalue weighted by atomic mass is 10.4. The van der Waals surface area contributed by atoms with Crippen LogP contribution in [0.15, 0.2) is 11.6 Å². The van der Waals surface area contributed by atoms with Crippen molar-refractivity contribution in [1.82, 2.24) is 4.98 Å². The standard InChI is InChI=1S/C8H11ClN2S/c1-5(9)4-10-8-11-6(2)7(3)12-8/h1,4H2,2-3H3,(H,10,11). The number of hydrogen-bond acceptors (Lipinski definition) is 3. The zero-order chi connectivity index (χ0) is 9.14. The first kappa shape index (κ1) is 9.55. The van der Waals surface area contributed by atoms with Gasteiger partial charge in [0.2, 0.25) is 0 Å². The molecule has 0 bridgehead atoms. The van der Waals surface area contributed by atoms with Crippen LogP contribution in [0.5, 0.6) is 0 Å². The highest BCUT2D eigenvalue weighted by molar-refractivity contribution is 7.15. The van der Waals surface area contributed by atoms with Crippen molar-refractivity contribution in [3.63, 3.8) is 0 Å². The van der Waals surface area contributed by atoms with E-state index in [1.54, 1.807) is 11.3 Å². The summed E-state index contributed by atoms with van der Waals surface area (Å²) < 4.78 is 0. The fourth-order valence-electron chi connectivity index (χ4n) is 0.720. The minimum atomic E-state index is 0.577. The Morgan fingerprint density at radius 3 is 2.75 bits per heavy atom. The number of aromatic nitrogens is 1. The molecular formula is C8H11ClN2S. The van der Waals surface area contributed by atoms with Gasteiger partial charge in [0.25, 0.3) is 0 Å². The van der Waals surface area contributed by atoms with Gasteiger partial charge in [-0.3, -0.25) is 0 Å². The predicted molar refractivity (Wildman–Crippen MR) is 55.1 cm³/mol. The average Bonchev–Trinajstić information content (AvgIpc) is 2.28. The fraction of sp³-hybridized carbons (Fsp3) is 0.375. The molecule has 1 rings (SSSR count). The first-order chi connectivity index (χ1) is 5.59. The molecule has 4 heteroatoms. The van der Waals surface area contributed by atoms with E-state index in [1.165, 1.54) is 4.88 Å². The zero-order valence-electron chi connectivity index (χ0n) is 7.15. The molecule has 0 saturated carbocycles. The van der Waals surface area contributed by atoms with E-state index >= 15 is 0 Å². The third-order valence-corrected chi connectivity index (χ3v) is 2.62. The molecule has 0 aliphatic carbocycles. The molecule has 1 aromatic heterocycles. The summed E-state index contributed by atoms with van der Waals surface area (Å²) in [6.45, 7) is 8.20. The summed E-state index contributed by atoms with van der Waals surface area (Å²) in [6.07, 6.45) is 0. The summed E-state index contributed by atoms with van der Waals surface area (Å²) in [6, 6.07) is 0. The molecule has 1 heterocycles. The van der Waals surface area contributed by atoms with Crippen LogP contribution in [0.25, 0.3) is 0 Å². The van der Waals surface area contributed by atoms with Crippen LogP contribution in [0.3, 0.4) is 0 Å². The molecule has 12 heavy (non-hydrogen) atoms. The summed E-state index contributed by atoms with van der Waals surface area (Å²) in [5, 5.41) is 4.59. The highest BCUT2D eigenvalue weighted by Crippen LogP contribution is 2.21. The second-order valence-corrected chi connectivity index (χ2v) is 4.27. The molecule has 0 fully saturated rings. The van der Waals surface area contributed by atoms with Gasteiger partial charge in [-0.2, -0.15) is 0 Å². The molecule has 0 aromatic carbocycles. The summed E-state index contributed by atoms with van der Waals surface area (Å²) in [5.41, 5.74) is 1.07. The van der Waals surface area contributed by atoms with E-state index < -0.39 is 0 Å². The highest BCUT2D eigenvalue weighted by atomic mass is 35.5. The van der Waals surface area contributed by atoms with E-state index in [0.29, 0.717) is 11.6 Å². The maximum absolute atomic E-state index is 5.59. The van der Waals surface area contributed by atoms with Crippen molar-refractivity contribution in [1.29, 1.82) is 0 Å². The van der Waals surface area contributed by atoms with Gasteiger partial charge in [-0.05, 0) is 13.8 Å². The van der Waals surface area contributed by atoms with Crippen LogP contribution in [0, 0.1) is 13.8 Å². The van der Waals surface area contributed by atoms with Gasteiger partial charge in [0.15, 0.2) is 5.13 Å². The Morgan fingerprint density at radius 1 is 1.67 bits per heavy atom. The highest BCUT2D eigenvalue weighted by Gasteiger charge is 2.01. The quantitative estimate of drug-likeness (QED) is 0.816. The lowest BCUT2D eigenvalue weighted by Crippen LogP contribution is -1.99. The van der Waals surface area contributed by atoms with Gasteiger partial charge in [-0.25, -0.2) is 4.98 Å². The number of nitrogens with zero attached hydrogens (tertiary/aromatic N) is 1. The lowest BCUT2D eigenvalue weighted by Gasteiger charge is -1.97. The van der Waals surface area contributed by atoms with Crippen LogP contribution >= 0.6 is 22.9 Å². The van der Waals surface area contributed by atoms with Crippen molar-refractivity contribution in [2.24, 2.45) is 0 Å². The van der Waals surface area contributed by atoms with E-state index in [-0.39, 0.29) is 0 Å². The molecule has 0 unspecified atom stereocenters. The smallest absolute Gasteiger partial charge is 0.183 e. The van der Waals surface area contributed by atoms with Gasteiger partial charge in [-0.1, -0.05) is 18.2 Å². The molecule has 0 aliphatic heterocycles. The summed E-state index contributed by atoms with van der Waals surface area (Å²) in [4.78, 5) is 5.52. The molecule has 0 atom stereocenters. The van der Waals surface area contributed by atoms with E-state index in [4.69, 9.17) is 11.6 Å². The molecular weight excluding hydrogens is 192 g/mol. The first-order valence-corrected chi connectivity index (χ1v) is 4.80. The fourth-order valence-corrected chi connectivity index (χ4v) is 1.60. The monoisotopic (exact) mass is 202 g/mol. The Kier molecular flexibility index (Phi) is 3.12. The Labute approximate surface area is 81.3 Å². The van der Waals surface area contributed by atoms with Gasteiger partial charge < -0.3 is 5.32 Å². The van der Waals surface area contributed by atoms with Crippen LogP contribution in [0.1, 0.15) is 10.6 Å². The molecule has 0 saturated heterocycles. The Hall–Kier alpha value is -0.540. The van der Waals surface area contributed by atoms with Gasteiger partial charge in [-0.15, -0.1) is 11.3 Å². The van der Waals surface area contributed by atoms with E-state index in [0.717, 1.165) is 10.8 Å². The average molecular weight is 203 g/mol. The Balaban J connectivity index is 2.58. The molecule has 0 aliphatic rings. The van der Waals surface area contributed by atoms with E-state index in [1.807, 2.05) is 13.8 Å². The maximum atomic E-state index is 5.59. The van der Waals surface area contributed by atoms with Gasteiger partial charge >= 0.3 is 0 Å². The molecule has 2 nitrogen and oxygen atoms in total. The molecule has 66 valence electrons. The topological polar surface area (TPSA) is 24.9 Å². The molecule has 0 radical (unpaired) electrons. The second-order valence-electron chi connectivity index (χ2n) is 2.53. The minimum absolute atomic E-state index is 0.577. The number of rotatable bonds is 3. The molecule has 1 aromatic rings. The zero-order valence-corrected chi connectivity index (χ0v) is 8.72. The van der Waals surface area contributed by atoms with Gasteiger partial charge in [0, 0.05) is 9.91 Å². The number of aryl methyl sites for hydroxylation is 2. The summed E-state index contributed by atoms with van der Waals surface area (Å²) in [5.74, 6) is 0. The van der Waals surface area contributed by atoms with Crippen LogP contribution in [-0.2, 0) is 0 Å². The molecule has 1 N–H and O–H groups in total. The third kappa shape index (κ3) is 2.50. The maximum Gasteiger partial charge on any atom is 0.183 e. The Bertz CT molecular complexity index is 274. The van der Waals surface area contributed by atoms with Gasteiger partial charge in [0.1, 0.15) is 0 Å². The summed E-state index contributed by atoms with van der Waals surface area (Å²) >= 11 is 7.23. The van der Waals surface area contributed by atoms with Crippen LogP contribution < -0.4 is 5.32 Å². The van der Waals surface area contributed by atoms with Crippen molar-refractivity contribution in [2.75, 3.05) is 11.9 Å². The van der Waals surface area contributed by atoms with Crippen molar-refractivity contribution >= 4 is 28.1 Å². The number of anilines is 1. The molecule has 0 amide bonds. The van der Waals surface area contributed by atoms with Crippen molar-refractivity contribution in [3.8, 4) is 0 Å². The van der Waals surface area contributed by atoms with E-state index in [2.05, 4.69) is 16.9 Å². The van der Waals surface area contributed by atoms with Crippen LogP contribution in [0.4, 0.5) is 5.13 Å². The third-order valence-electron chi connectivity index (χ3n) is 1.46. The van der Waals surface area contributed by atoms with Gasteiger partial charge in [0.05, 0.1) is 12.2 Å². The predicted octanol–water partition coefficient (Wildman–Crippen LogP) is 2.92. The number of thiazole rings is 1.